The number of hydrogen-bond donors (Lipinski definition) is 1. The van der Waals surface area contributed by atoms with Gasteiger partial charge in [0.05, 0.1) is 32.4 Å². The number of carbonyl (C=O) groups excluding carboxylic acids is 1. The van der Waals surface area contributed by atoms with Gasteiger partial charge in [0.25, 0.3) is 0 Å². The van der Waals surface area contributed by atoms with Crippen molar-refractivity contribution in [2.24, 2.45) is 5.92 Å². The largest absolute Gasteiger partial charge is 0.497 e. The van der Waals surface area contributed by atoms with E-state index >= 15 is 0 Å². The number of amides is 1. The summed E-state index contributed by atoms with van der Waals surface area (Å²) in [6.07, 6.45) is 1.18. The zero-order chi connectivity index (χ0) is 22.4. The Morgan fingerprint density at radius 1 is 1.13 bits per heavy atom. The quantitative estimate of drug-likeness (QED) is 0.667. The standard InChI is InChI=1S/C22H28N2O6S/c1-4-30-19-10-6-5-9-18(19)23-22(25)16-8-7-13-24(15-16)31(26,27)21-14-17(28-2)11-12-20(21)29-3/h5-6,9-12,14,16H,4,7-8,13,15H2,1-3H3,(H,23,25)/t16-/m1/s1. The molecule has 0 unspecified atom stereocenters. The molecular weight excluding hydrogens is 420 g/mol. The SMILES string of the molecule is CCOc1ccccc1NC(=O)[C@@H]1CCCN(S(=O)(=O)c2cc(OC)ccc2OC)C1. The van der Waals surface area contributed by atoms with Crippen LogP contribution in [-0.2, 0) is 14.8 Å². The first kappa shape index (κ1) is 22.9. The molecule has 1 heterocycles. The van der Waals surface area contributed by atoms with Crippen molar-refractivity contribution in [3.8, 4) is 17.2 Å². The lowest BCUT2D eigenvalue weighted by Crippen LogP contribution is -2.43. The summed E-state index contributed by atoms with van der Waals surface area (Å²) in [6.45, 7) is 2.77. The molecule has 9 heteroatoms. The second-order valence-electron chi connectivity index (χ2n) is 7.14. The molecular formula is C22H28N2O6S. The van der Waals surface area contributed by atoms with Crippen LogP contribution in [0.25, 0.3) is 0 Å². The van der Waals surface area contributed by atoms with Crippen LogP contribution in [-0.4, -0.2) is 52.5 Å². The van der Waals surface area contributed by atoms with Gasteiger partial charge in [-0.2, -0.15) is 4.31 Å². The van der Waals surface area contributed by atoms with Gasteiger partial charge in [0, 0.05) is 19.2 Å². The Bertz CT molecular complexity index is 1020. The number of ether oxygens (including phenoxy) is 3. The van der Waals surface area contributed by atoms with E-state index in [2.05, 4.69) is 5.32 Å². The van der Waals surface area contributed by atoms with E-state index in [0.29, 0.717) is 43.2 Å². The molecule has 0 saturated carbocycles. The van der Waals surface area contributed by atoms with Crippen LogP contribution in [0.1, 0.15) is 19.8 Å². The Balaban J connectivity index is 1.79. The van der Waals surface area contributed by atoms with Gasteiger partial charge in [-0.25, -0.2) is 8.42 Å². The molecule has 1 atom stereocenters. The van der Waals surface area contributed by atoms with Gasteiger partial charge >= 0.3 is 0 Å². The first-order valence-corrected chi connectivity index (χ1v) is 11.6. The fourth-order valence-corrected chi connectivity index (χ4v) is 5.28. The molecule has 1 fully saturated rings. The van der Waals surface area contributed by atoms with Gasteiger partial charge in [0.2, 0.25) is 15.9 Å². The molecule has 31 heavy (non-hydrogen) atoms. The average molecular weight is 449 g/mol. The Hall–Kier alpha value is -2.78. The predicted molar refractivity (Wildman–Crippen MR) is 117 cm³/mol. The molecule has 8 nitrogen and oxygen atoms in total. The number of nitrogens with zero attached hydrogens (tertiary/aromatic N) is 1. The van der Waals surface area contributed by atoms with Crippen molar-refractivity contribution in [1.29, 1.82) is 0 Å². The number of hydrogen-bond acceptors (Lipinski definition) is 6. The van der Waals surface area contributed by atoms with E-state index in [1.54, 1.807) is 24.3 Å². The van der Waals surface area contributed by atoms with Gasteiger partial charge < -0.3 is 19.5 Å². The summed E-state index contributed by atoms with van der Waals surface area (Å²) in [5.74, 6) is 0.524. The predicted octanol–water partition coefficient (Wildman–Crippen LogP) is 3.14. The monoisotopic (exact) mass is 448 g/mol. The van der Waals surface area contributed by atoms with E-state index in [1.807, 2.05) is 19.1 Å². The summed E-state index contributed by atoms with van der Waals surface area (Å²) in [5, 5.41) is 2.89. The van der Waals surface area contributed by atoms with Crippen LogP contribution in [0.5, 0.6) is 17.2 Å². The van der Waals surface area contributed by atoms with Gasteiger partial charge in [-0.05, 0) is 44.0 Å². The molecule has 168 valence electrons. The van der Waals surface area contributed by atoms with Gasteiger partial charge in [0.15, 0.2) is 0 Å². The molecule has 1 aliphatic rings. The normalized spacial score (nSPS) is 17.1. The smallest absolute Gasteiger partial charge is 0.246 e. The van der Waals surface area contributed by atoms with Crippen molar-refractivity contribution in [3.63, 3.8) is 0 Å². The molecule has 0 bridgehead atoms. The van der Waals surface area contributed by atoms with Crippen molar-refractivity contribution in [2.75, 3.05) is 39.2 Å². The first-order valence-electron chi connectivity index (χ1n) is 10.2. The van der Waals surface area contributed by atoms with Gasteiger partial charge in [-0.15, -0.1) is 0 Å². The maximum atomic E-state index is 13.3. The van der Waals surface area contributed by atoms with Crippen molar-refractivity contribution >= 4 is 21.6 Å². The zero-order valence-corrected chi connectivity index (χ0v) is 18.8. The summed E-state index contributed by atoms with van der Waals surface area (Å²) < 4.78 is 44.0. The molecule has 1 N–H and O–H groups in total. The number of sulfonamides is 1. The van der Waals surface area contributed by atoms with Crippen molar-refractivity contribution in [3.05, 3.63) is 42.5 Å². The fraction of sp³-hybridized carbons (Fsp3) is 0.409. The third kappa shape index (κ3) is 5.11. The number of piperidine rings is 1. The van der Waals surface area contributed by atoms with Crippen LogP contribution >= 0.6 is 0 Å². The minimum absolute atomic E-state index is 0.0251. The van der Waals surface area contributed by atoms with Crippen LogP contribution in [0, 0.1) is 5.92 Å². The van der Waals surface area contributed by atoms with E-state index in [-0.39, 0.29) is 23.1 Å². The highest BCUT2D eigenvalue weighted by atomic mass is 32.2. The molecule has 3 rings (SSSR count). The van der Waals surface area contributed by atoms with E-state index < -0.39 is 15.9 Å². The number of nitrogens with one attached hydrogen (secondary N) is 1. The Labute approximate surface area is 183 Å². The lowest BCUT2D eigenvalue weighted by atomic mass is 9.98. The molecule has 0 aromatic heterocycles. The molecule has 1 saturated heterocycles. The number of para-hydroxylation sites is 2. The Morgan fingerprint density at radius 2 is 1.90 bits per heavy atom. The topological polar surface area (TPSA) is 94.2 Å². The van der Waals surface area contributed by atoms with Crippen LogP contribution in [0.4, 0.5) is 5.69 Å². The summed E-state index contributed by atoms with van der Waals surface area (Å²) in [7, 11) is -0.978. The highest BCUT2D eigenvalue weighted by molar-refractivity contribution is 7.89. The van der Waals surface area contributed by atoms with Gasteiger partial charge in [-0.1, -0.05) is 12.1 Å². The van der Waals surface area contributed by atoms with Gasteiger partial charge in [-0.3, -0.25) is 4.79 Å². The first-order chi connectivity index (χ1) is 14.9. The van der Waals surface area contributed by atoms with E-state index in [1.165, 1.54) is 24.6 Å². The minimum atomic E-state index is -3.87. The van der Waals surface area contributed by atoms with E-state index in [0.717, 1.165) is 0 Å². The lowest BCUT2D eigenvalue weighted by Gasteiger charge is -2.31. The summed E-state index contributed by atoms with van der Waals surface area (Å²) in [5.41, 5.74) is 0.573. The number of benzene rings is 2. The fourth-order valence-electron chi connectivity index (χ4n) is 3.59. The summed E-state index contributed by atoms with van der Waals surface area (Å²) in [4.78, 5) is 12.9. The van der Waals surface area contributed by atoms with Crippen LogP contribution in [0.2, 0.25) is 0 Å². The number of carbonyl (C=O) groups is 1. The number of methoxy groups -OCH3 is 2. The Kier molecular flexibility index (Phi) is 7.40. The number of rotatable bonds is 8. The second kappa shape index (κ2) is 10.0. The summed E-state index contributed by atoms with van der Waals surface area (Å²) in [6, 6.07) is 11.8. The van der Waals surface area contributed by atoms with Crippen molar-refractivity contribution < 1.29 is 27.4 Å². The Morgan fingerprint density at radius 3 is 2.61 bits per heavy atom. The van der Waals surface area contributed by atoms with Gasteiger partial charge in [0.1, 0.15) is 22.1 Å². The molecule has 0 radical (unpaired) electrons. The van der Waals surface area contributed by atoms with Crippen LogP contribution in [0.3, 0.4) is 0 Å². The maximum Gasteiger partial charge on any atom is 0.246 e. The second-order valence-corrected chi connectivity index (χ2v) is 9.04. The third-order valence-corrected chi connectivity index (χ3v) is 7.07. The van der Waals surface area contributed by atoms with Crippen LogP contribution in [0.15, 0.2) is 47.4 Å². The molecule has 2 aromatic carbocycles. The molecule has 0 aliphatic carbocycles. The maximum absolute atomic E-state index is 13.3. The van der Waals surface area contributed by atoms with E-state index in [4.69, 9.17) is 14.2 Å². The molecule has 2 aromatic rings. The van der Waals surface area contributed by atoms with Crippen molar-refractivity contribution in [2.45, 2.75) is 24.7 Å². The summed E-state index contributed by atoms with van der Waals surface area (Å²) >= 11 is 0. The highest BCUT2D eigenvalue weighted by Gasteiger charge is 2.35. The van der Waals surface area contributed by atoms with E-state index in [9.17, 15) is 13.2 Å². The molecule has 1 aliphatic heterocycles. The van der Waals surface area contributed by atoms with Crippen molar-refractivity contribution in [1.82, 2.24) is 4.31 Å². The third-order valence-electron chi connectivity index (χ3n) is 5.19. The zero-order valence-electron chi connectivity index (χ0n) is 18.0. The minimum Gasteiger partial charge on any atom is -0.497 e. The molecule has 0 spiro atoms. The average Bonchev–Trinajstić information content (AvgIpc) is 2.80. The molecule has 1 amide bonds. The lowest BCUT2D eigenvalue weighted by molar-refractivity contribution is -0.120. The van der Waals surface area contributed by atoms with Crippen LogP contribution < -0.4 is 19.5 Å². The highest BCUT2D eigenvalue weighted by Crippen LogP contribution is 2.33. The number of anilines is 1.